The molecule has 1 fully saturated rings. The van der Waals surface area contributed by atoms with E-state index in [-0.39, 0.29) is 42.3 Å². The number of β-amino-alcohol motifs (C(OH)–C–C–N with tert-alkyl or cyclic N) is 1. The number of hydrogen-bond donors (Lipinski definition) is 4. The largest absolute Gasteiger partial charge is 0.507 e. The molecule has 3 atom stereocenters. The highest BCUT2D eigenvalue weighted by Crippen LogP contribution is 2.33. The number of rotatable bonds is 22. The first-order valence-electron chi connectivity index (χ1n) is 21.4. The van der Waals surface area contributed by atoms with E-state index in [1.165, 1.54) is 4.90 Å². The lowest BCUT2D eigenvalue weighted by molar-refractivity contribution is -0.141. The van der Waals surface area contributed by atoms with Gasteiger partial charge in [0.2, 0.25) is 11.8 Å². The van der Waals surface area contributed by atoms with E-state index in [4.69, 9.17) is 24.5 Å². The van der Waals surface area contributed by atoms with Gasteiger partial charge in [-0.15, -0.1) is 21.5 Å². The van der Waals surface area contributed by atoms with Gasteiger partial charge in [-0.25, -0.2) is 4.98 Å². The Balaban J connectivity index is 0.770. The predicted molar refractivity (Wildman–Crippen MR) is 240 cm³/mol. The number of ether oxygens (including phenoxy) is 3. The van der Waals surface area contributed by atoms with Gasteiger partial charge in [0.05, 0.1) is 79.3 Å². The Morgan fingerprint density at radius 1 is 0.969 bits per heavy atom. The molecule has 338 valence electrons. The van der Waals surface area contributed by atoms with Crippen molar-refractivity contribution in [3.05, 3.63) is 101 Å². The number of thiazole rings is 1. The van der Waals surface area contributed by atoms with E-state index >= 15 is 0 Å². The first-order chi connectivity index (χ1) is 31.0. The molecule has 0 radical (unpaired) electrons. The molecule has 6 aromatic rings. The Bertz CT molecular complexity index is 2450. The average Bonchev–Trinajstić information content (AvgIpc) is 4.12. The summed E-state index contributed by atoms with van der Waals surface area (Å²) in [5.41, 5.74) is 14.1. The fourth-order valence-electron chi connectivity index (χ4n) is 7.61. The summed E-state index contributed by atoms with van der Waals surface area (Å²) >= 11 is 1.59. The summed E-state index contributed by atoms with van der Waals surface area (Å²) in [6.07, 6.45) is 4.21. The minimum absolute atomic E-state index is 0.0691. The molecular formula is C46H55N9O8S. The molecule has 0 spiro atoms. The standard InChI is InChI=1S/C46H55N9O8S/c1-29(2)42(46(59)55-27-35(56)22-39(55)45(58)48-24-31-10-12-32(13-11-31)43-30(3)49-28-64-43)41-21-34(53-63-41)7-6-15-60-17-19-62-20-18-61-16-14-54-26-33(25-50-54)37-23-38(51-52-44(37)47)36-8-4-5-9-40(36)57/h4-5,8-13,21,23,25-26,28-29,35,39,42,56-57H,6-7,14-20,22,24,27H2,1-3H3,(H2,47,52)(H,48,58)/t35-,39+,42-/m1/s1. The molecule has 0 saturated carbocycles. The molecule has 1 aliphatic heterocycles. The van der Waals surface area contributed by atoms with E-state index in [2.05, 4.69) is 30.8 Å². The van der Waals surface area contributed by atoms with Crippen LogP contribution in [0.3, 0.4) is 0 Å². The number of phenols is 1. The summed E-state index contributed by atoms with van der Waals surface area (Å²) in [4.78, 5) is 34.4. The maximum Gasteiger partial charge on any atom is 0.243 e. The normalized spacial score (nSPS) is 15.5. The molecule has 4 aromatic heterocycles. The molecule has 5 heterocycles. The Hall–Kier alpha value is -6.05. The number of aryl methyl sites for hydroxylation is 2. The molecule has 0 aliphatic carbocycles. The topological polar surface area (TPSA) is 226 Å². The summed E-state index contributed by atoms with van der Waals surface area (Å²) in [6.45, 7) is 9.36. The van der Waals surface area contributed by atoms with Gasteiger partial charge in [0.25, 0.3) is 0 Å². The third-order valence-electron chi connectivity index (χ3n) is 11.0. The number of benzene rings is 2. The van der Waals surface area contributed by atoms with Gasteiger partial charge in [-0.3, -0.25) is 14.3 Å². The molecule has 17 nitrogen and oxygen atoms in total. The summed E-state index contributed by atoms with van der Waals surface area (Å²) in [6, 6.07) is 17.7. The van der Waals surface area contributed by atoms with Crippen molar-refractivity contribution in [1.29, 1.82) is 0 Å². The Kier molecular flexibility index (Phi) is 15.8. The van der Waals surface area contributed by atoms with Crippen LogP contribution in [-0.4, -0.2) is 115 Å². The monoisotopic (exact) mass is 893 g/mol. The van der Waals surface area contributed by atoms with Gasteiger partial charge in [0.15, 0.2) is 5.82 Å². The number of aliphatic hydroxyl groups is 1. The number of amides is 2. The average molecular weight is 894 g/mol. The lowest BCUT2D eigenvalue weighted by Gasteiger charge is -2.28. The van der Waals surface area contributed by atoms with Crippen LogP contribution in [0.25, 0.3) is 32.8 Å². The van der Waals surface area contributed by atoms with Crippen LogP contribution in [0, 0.1) is 12.8 Å². The third-order valence-corrected chi connectivity index (χ3v) is 12.0. The Morgan fingerprint density at radius 2 is 1.72 bits per heavy atom. The smallest absolute Gasteiger partial charge is 0.243 e. The number of aliphatic hydroxyl groups excluding tert-OH is 1. The van der Waals surface area contributed by atoms with Crippen LogP contribution < -0.4 is 11.1 Å². The molecular weight excluding hydrogens is 839 g/mol. The first-order valence-corrected chi connectivity index (χ1v) is 22.3. The molecule has 5 N–H and O–H groups in total. The SMILES string of the molecule is Cc1ncsc1-c1ccc(CNC(=O)[C@@H]2C[C@@H](O)CN2C(=O)[C@@H](c2cc(CCCOCCOCCOCCn3cc(-c4cc(-c5ccccc5O)nnc4N)cn3)no2)C(C)C)cc1. The van der Waals surface area contributed by atoms with Crippen LogP contribution in [0.5, 0.6) is 5.75 Å². The summed E-state index contributed by atoms with van der Waals surface area (Å²) in [5.74, 6) is -0.574. The molecule has 7 rings (SSSR count). The van der Waals surface area contributed by atoms with Gasteiger partial charge in [-0.05, 0) is 55.0 Å². The molecule has 0 unspecified atom stereocenters. The Morgan fingerprint density at radius 3 is 2.45 bits per heavy atom. The van der Waals surface area contributed by atoms with E-state index in [0.29, 0.717) is 93.8 Å². The fraction of sp³-hybridized carbons (Fsp3) is 0.413. The first kappa shape index (κ1) is 46.0. The number of carbonyl (C=O) groups is 2. The van der Waals surface area contributed by atoms with Crippen molar-refractivity contribution in [2.24, 2.45) is 5.92 Å². The van der Waals surface area contributed by atoms with Crippen molar-refractivity contribution < 1.29 is 38.5 Å². The highest BCUT2D eigenvalue weighted by molar-refractivity contribution is 7.13. The van der Waals surface area contributed by atoms with E-state index in [9.17, 15) is 19.8 Å². The highest BCUT2D eigenvalue weighted by Gasteiger charge is 2.43. The van der Waals surface area contributed by atoms with Crippen LogP contribution >= 0.6 is 11.3 Å². The molecule has 64 heavy (non-hydrogen) atoms. The van der Waals surface area contributed by atoms with Crippen molar-refractivity contribution >= 4 is 29.0 Å². The fourth-order valence-corrected chi connectivity index (χ4v) is 8.42. The van der Waals surface area contributed by atoms with E-state index in [1.807, 2.05) is 62.8 Å². The summed E-state index contributed by atoms with van der Waals surface area (Å²) < 4.78 is 24.6. The van der Waals surface area contributed by atoms with Gasteiger partial charge in [-0.1, -0.05) is 55.4 Å². The maximum atomic E-state index is 14.0. The zero-order valence-corrected chi connectivity index (χ0v) is 37.1. The zero-order chi connectivity index (χ0) is 45.0. The number of phenolic OH excluding ortho intramolecular Hbond substituents is 1. The molecule has 2 aromatic carbocycles. The van der Waals surface area contributed by atoms with Gasteiger partial charge >= 0.3 is 0 Å². The van der Waals surface area contributed by atoms with Crippen molar-refractivity contribution in [2.45, 2.75) is 71.2 Å². The van der Waals surface area contributed by atoms with Gasteiger partial charge < -0.3 is 44.9 Å². The number of anilines is 1. The number of nitrogens with zero attached hydrogens (tertiary/aromatic N) is 7. The molecule has 0 bridgehead atoms. The lowest BCUT2D eigenvalue weighted by Crippen LogP contribution is -2.48. The third kappa shape index (κ3) is 11.7. The number of hydrogen-bond acceptors (Lipinski definition) is 15. The zero-order valence-electron chi connectivity index (χ0n) is 36.3. The number of aromatic nitrogens is 6. The lowest BCUT2D eigenvalue weighted by atomic mass is 9.91. The molecule has 2 amide bonds. The second-order valence-corrected chi connectivity index (χ2v) is 16.9. The molecule has 1 saturated heterocycles. The van der Waals surface area contributed by atoms with Crippen LogP contribution in [0.2, 0.25) is 0 Å². The Labute approximate surface area is 375 Å². The number of nitrogens with two attached hydrogens (primary N) is 1. The van der Waals surface area contributed by atoms with Crippen LogP contribution in [0.15, 0.2) is 83.1 Å². The minimum atomic E-state index is -0.806. The van der Waals surface area contributed by atoms with Gasteiger partial charge in [-0.2, -0.15) is 5.10 Å². The van der Waals surface area contributed by atoms with Crippen molar-refractivity contribution in [3.8, 4) is 38.6 Å². The maximum absolute atomic E-state index is 14.0. The quantitative estimate of drug-likeness (QED) is 0.0625. The van der Waals surface area contributed by atoms with Crippen molar-refractivity contribution in [2.75, 3.05) is 51.9 Å². The number of aromatic hydroxyl groups is 1. The molecule has 1 aliphatic rings. The number of likely N-dealkylation sites (tertiary alicyclic amines) is 1. The number of nitrogens with one attached hydrogen (secondary N) is 1. The highest BCUT2D eigenvalue weighted by atomic mass is 32.1. The number of para-hydroxylation sites is 1. The van der Waals surface area contributed by atoms with E-state index < -0.39 is 18.1 Å². The minimum Gasteiger partial charge on any atom is -0.507 e. The van der Waals surface area contributed by atoms with Gasteiger partial charge in [0.1, 0.15) is 23.5 Å². The second-order valence-electron chi connectivity index (χ2n) is 16.0. The van der Waals surface area contributed by atoms with Crippen LogP contribution in [-0.2, 0) is 43.3 Å². The van der Waals surface area contributed by atoms with E-state index in [1.54, 1.807) is 52.5 Å². The van der Waals surface area contributed by atoms with Crippen molar-refractivity contribution in [3.63, 3.8) is 0 Å². The summed E-state index contributed by atoms with van der Waals surface area (Å²) in [5, 5.41) is 40.6. The van der Waals surface area contributed by atoms with E-state index in [0.717, 1.165) is 27.3 Å². The van der Waals surface area contributed by atoms with Gasteiger partial charge in [0, 0.05) is 55.1 Å². The summed E-state index contributed by atoms with van der Waals surface area (Å²) in [7, 11) is 0. The van der Waals surface area contributed by atoms with Crippen molar-refractivity contribution in [1.82, 2.24) is 40.3 Å². The van der Waals surface area contributed by atoms with Crippen LogP contribution in [0.4, 0.5) is 5.82 Å². The molecule has 18 heteroatoms. The number of carbonyl (C=O) groups excluding carboxylic acids is 2. The second kappa shape index (κ2) is 22.0. The number of nitrogen functional groups attached to an aromatic ring is 1. The van der Waals surface area contributed by atoms with Crippen LogP contribution in [0.1, 0.15) is 55.3 Å². The predicted octanol–water partition coefficient (Wildman–Crippen LogP) is 5.42.